The highest BCUT2D eigenvalue weighted by atomic mass is 16.2. The number of fused-ring (bicyclic) bond motifs is 2. The first kappa shape index (κ1) is 24.0. The van der Waals surface area contributed by atoms with Crippen molar-refractivity contribution in [1.29, 1.82) is 0 Å². The Morgan fingerprint density at radius 1 is 1.05 bits per heavy atom. The van der Waals surface area contributed by atoms with E-state index >= 15 is 0 Å². The van der Waals surface area contributed by atoms with Crippen LogP contribution in [0.2, 0.25) is 0 Å². The third-order valence-corrected chi connectivity index (χ3v) is 8.04. The molecule has 5 heterocycles. The summed E-state index contributed by atoms with van der Waals surface area (Å²) >= 11 is 0. The molecule has 1 aliphatic heterocycles. The Kier molecular flexibility index (Phi) is 5.58. The molecule has 40 heavy (non-hydrogen) atoms. The fourth-order valence-corrected chi connectivity index (χ4v) is 6.24. The highest BCUT2D eigenvalue weighted by Gasteiger charge is 2.41. The van der Waals surface area contributed by atoms with Gasteiger partial charge in [-0.15, -0.1) is 0 Å². The molecule has 5 N–H and O–H groups in total. The molecule has 1 fully saturated rings. The van der Waals surface area contributed by atoms with E-state index in [2.05, 4.69) is 27.5 Å². The highest BCUT2D eigenvalue weighted by molar-refractivity contribution is 5.85. The number of carbonyl (C=O) groups excluding carboxylic acids is 2. The number of imidazole rings is 1. The molecule has 3 atom stereocenters. The number of carbonyl (C=O) groups is 2. The van der Waals surface area contributed by atoms with Crippen molar-refractivity contribution in [2.24, 2.45) is 11.7 Å². The summed E-state index contributed by atoms with van der Waals surface area (Å²) in [7, 11) is 0. The number of pyridine rings is 2. The van der Waals surface area contributed by atoms with E-state index in [4.69, 9.17) is 21.4 Å². The maximum Gasteiger partial charge on any atom is 0.223 e. The molecule has 0 radical (unpaired) electrons. The predicted octanol–water partition coefficient (Wildman–Crippen LogP) is 2.66. The van der Waals surface area contributed by atoms with Gasteiger partial charge in [-0.25, -0.2) is 19.6 Å². The molecule has 1 aromatic carbocycles. The smallest absolute Gasteiger partial charge is 0.223 e. The number of rotatable bonds is 6. The fraction of sp³-hybridized carbons (Fsp3) is 0.241. The maximum atomic E-state index is 12.6. The van der Waals surface area contributed by atoms with Crippen LogP contribution in [0.4, 0.5) is 5.82 Å². The number of primary amides is 1. The fourth-order valence-electron chi connectivity index (χ4n) is 6.24. The van der Waals surface area contributed by atoms with Crippen LogP contribution in [0.5, 0.6) is 0 Å². The zero-order valence-corrected chi connectivity index (χ0v) is 21.6. The van der Waals surface area contributed by atoms with E-state index in [0.29, 0.717) is 47.0 Å². The van der Waals surface area contributed by atoms with E-state index in [1.54, 1.807) is 17.1 Å². The molecule has 2 unspecified atom stereocenters. The molecule has 11 heteroatoms. The van der Waals surface area contributed by atoms with Crippen molar-refractivity contribution >= 4 is 28.8 Å². The van der Waals surface area contributed by atoms with Crippen LogP contribution in [0.3, 0.4) is 0 Å². The standard InChI is InChI=1S/C29H27N9O2/c30-26-20(3-1-12-32-26)28-35-22-8-10-23(37-14-2-13-33-37)36-29(22)38(28)17-5-7-18-16(15-17)4-6-19(18)25(27(31)40)21-9-11-24(39)34-21/h1-3,5,7-8,10,12-15,19,21,25H,4,6,9,11H2,(H2,30,32)(H2,31,40)(H,34,39)/t19-,21?,25?/m1/s1. The van der Waals surface area contributed by atoms with Gasteiger partial charge in [-0.3, -0.25) is 14.2 Å². The van der Waals surface area contributed by atoms with E-state index in [1.165, 1.54) is 0 Å². The largest absolute Gasteiger partial charge is 0.383 e. The maximum absolute atomic E-state index is 12.6. The Bertz CT molecular complexity index is 1780. The minimum absolute atomic E-state index is 0.0269. The van der Waals surface area contributed by atoms with Gasteiger partial charge in [0.2, 0.25) is 11.8 Å². The van der Waals surface area contributed by atoms with Gasteiger partial charge in [0.25, 0.3) is 0 Å². The summed E-state index contributed by atoms with van der Waals surface area (Å²) in [6.45, 7) is 0. The first-order chi connectivity index (χ1) is 19.5. The minimum Gasteiger partial charge on any atom is -0.383 e. The number of anilines is 1. The lowest BCUT2D eigenvalue weighted by Crippen LogP contribution is -2.43. The molecule has 5 aromatic rings. The van der Waals surface area contributed by atoms with Crippen LogP contribution < -0.4 is 16.8 Å². The van der Waals surface area contributed by atoms with Gasteiger partial charge >= 0.3 is 0 Å². The summed E-state index contributed by atoms with van der Waals surface area (Å²) in [5, 5.41) is 7.29. The Hall–Kier alpha value is -5.06. The van der Waals surface area contributed by atoms with Gasteiger partial charge in [-0.1, -0.05) is 6.07 Å². The van der Waals surface area contributed by atoms with Crippen LogP contribution >= 0.6 is 0 Å². The van der Waals surface area contributed by atoms with Crippen molar-refractivity contribution in [1.82, 2.24) is 34.6 Å². The second-order valence-corrected chi connectivity index (χ2v) is 10.3. The molecule has 2 amide bonds. The van der Waals surface area contributed by atoms with Gasteiger partial charge in [-0.2, -0.15) is 5.10 Å². The number of aromatic nitrogens is 6. The number of nitrogens with two attached hydrogens (primary N) is 2. The summed E-state index contributed by atoms with van der Waals surface area (Å²) in [5.41, 5.74) is 17.3. The Balaban J connectivity index is 1.36. The lowest BCUT2D eigenvalue weighted by atomic mass is 9.81. The lowest BCUT2D eigenvalue weighted by molar-refractivity contribution is -0.123. The van der Waals surface area contributed by atoms with Gasteiger partial charge in [0.15, 0.2) is 17.3 Å². The van der Waals surface area contributed by atoms with Gasteiger partial charge in [0.05, 0.1) is 11.5 Å². The van der Waals surface area contributed by atoms with Gasteiger partial charge in [0, 0.05) is 36.7 Å². The van der Waals surface area contributed by atoms with Crippen LogP contribution in [0.1, 0.15) is 36.3 Å². The van der Waals surface area contributed by atoms with Crippen molar-refractivity contribution in [2.45, 2.75) is 37.6 Å². The third-order valence-electron chi connectivity index (χ3n) is 8.04. The van der Waals surface area contributed by atoms with Crippen molar-refractivity contribution in [3.63, 3.8) is 0 Å². The number of hydrogen-bond donors (Lipinski definition) is 3. The van der Waals surface area contributed by atoms with Crippen LogP contribution in [0.25, 0.3) is 34.1 Å². The van der Waals surface area contributed by atoms with Gasteiger partial charge in [-0.05, 0) is 78.8 Å². The van der Waals surface area contributed by atoms with Crippen molar-refractivity contribution in [3.05, 3.63) is 78.2 Å². The Labute approximate surface area is 229 Å². The van der Waals surface area contributed by atoms with Crippen LogP contribution in [-0.2, 0) is 16.0 Å². The van der Waals surface area contributed by atoms with Crippen LogP contribution in [-0.4, -0.2) is 47.2 Å². The molecular weight excluding hydrogens is 506 g/mol. The predicted molar refractivity (Wildman–Crippen MR) is 149 cm³/mol. The number of nitrogens with one attached hydrogen (secondary N) is 1. The van der Waals surface area contributed by atoms with Crippen molar-refractivity contribution in [3.8, 4) is 22.9 Å². The van der Waals surface area contributed by atoms with Gasteiger partial charge in [0.1, 0.15) is 11.3 Å². The monoisotopic (exact) mass is 533 g/mol. The quantitative estimate of drug-likeness (QED) is 0.302. The summed E-state index contributed by atoms with van der Waals surface area (Å²) in [5.74, 6) is 0.757. The Morgan fingerprint density at radius 2 is 1.95 bits per heavy atom. The zero-order chi connectivity index (χ0) is 27.4. The van der Waals surface area contributed by atoms with Gasteiger partial charge < -0.3 is 16.8 Å². The number of benzene rings is 1. The van der Waals surface area contributed by atoms with E-state index in [1.807, 2.05) is 47.2 Å². The number of amides is 2. The van der Waals surface area contributed by atoms with E-state index in [-0.39, 0.29) is 23.8 Å². The van der Waals surface area contributed by atoms with Crippen LogP contribution in [0, 0.1) is 5.92 Å². The molecule has 0 saturated carbocycles. The average molecular weight is 534 g/mol. The third kappa shape index (κ3) is 3.89. The summed E-state index contributed by atoms with van der Waals surface area (Å²) in [6, 6.07) is 15.3. The summed E-state index contributed by atoms with van der Waals surface area (Å²) < 4.78 is 3.69. The zero-order valence-electron chi connectivity index (χ0n) is 21.6. The molecular formula is C29H27N9O2. The minimum atomic E-state index is -0.448. The SMILES string of the molecule is NC(=O)C(C1CCC(=O)N1)[C@@H]1CCc2cc(-n3c(-c4cccnc4N)nc4ccc(-n5cccn5)nc43)ccc21. The van der Waals surface area contributed by atoms with Crippen LogP contribution in [0.15, 0.2) is 67.1 Å². The molecule has 11 nitrogen and oxygen atoms in total. The first-order valence-electron chi connectivity index (χ1n) is 13.3. The Morgan fingerprint density at radius 3 is 2.70 bits per heavy atom. The van der Waals surface area contributed by atoms with E-state index in [9.17, 15) is 9.59 Å². The van der Waals surface area contributed by atoms with Crippen molar-refractivity contribution < 1.29 is 9.59 Å². The molecule has 7 rings (SSSR count). The topological polar surface area (TPSA) is 160 Å². The molecule has 2 aliphatic rings. The average Bonchev–Trinajstić information content (AvgIpc) is 3.75. The molecule has 0 spiro atoms. The van der Waals surface area contributed by atoms with E-state index < -0.39 is 5.92 Å². The number of hydrogen-bond acceptors (Lipinski definition) is 7. The first-order valence-corrected chi connectivity index (χ1v) is 13.3. The molecule has 4 aromatic heterocycles. The van der Waals surface area contributed by atoms with Crippen molar-refractivity contribution in [2.75, 3.05) is 5.73 Å². The molecule has 1 saturated heterocycles. The molecule has 1 aliphatic carbocycles. The second kappa shape index (κ2) is 9.30. The number of nitrogens with zero attached hydrogens (tertiary/aromatic N) is 6. The molecule has 200 valence electrons. The van der Waals surface area contributed by atoms with E-state index in [0.717, 1.165) is 29.7 Å². The lowest BCUT2D eigenvalue weighted by Gasteiger charge is -2.27. The second-order valence-electron chi connectivity index (χ2n) is 10.3. The summed E-state index contributed by atoms with van der Waals surface area (Å²) in [4.78, 5) is 38.6. The number of nitrogen functional groups attached to an aromatic ring is 1. The number of aryl methyl sites for hydroxylation is 1. The highest BCUT2D eigenvalue weighted by Crippen LogP contribution is 2.42. The summed E-state index contributed by atoms with van der Waals surface area (Å²) in [6.07, 6.45) is 7.82. The normalized spacial score (nSPS) is 19.1. The molecule has 0 bridgehead atoms.